The van der Waals surface area contributed by atoms with Crippen LogP contribution < -0.4 is 11.1 Å². The molecule has 0 spiro atoms. The van der Waals surface area contributed by atoms with E-state index in [2.05, 4.69) is 30.1 Å². The third-order valence-electron chi connectivity index (χ3n) is 3.94. The van der Waals surface area contributed by atoms with Crippen LogP contribution >= 0.6 is 0 Å². The zero-order valence-corrected chi connectivity index (χ0v) is 12.3. The Hall–Kier alpha value is -1.12. The zero-order valence-electron chi connectivity index (χ0n) is 12.3. The highest BCUT2D eigenvalue weighted by atomic mass is 16.1. The summed E-state index contributed by atoms with van der Waals surface area (Å²) in [4.78, 5) is 13.5. The van der Waals surface area contributed by atoms with Crippen molar-refractivity contribution in [3.63, 3.8) is 0 Å². The first-order valence-electron chi connectivity index (χ1n) is 7.11. The molecule has 0 aliphatic carbocycles. The molecule has 5 nitrogen and oxygen atoms in total. The van der Waals surface area contributed by atoms with E-state index in [0.717, 1.165) is 25.8 Å². The molecular formula is C14H26N4O. The lowest BCUT2D eigenvalue weighted by molar-refractivity contribution is -0.124. The number of hydrogen-bond acceptors (Lipinski definition) is 4. The number of likely N-dealkylation sites (tertiary alicyclic amines) is 1. The van der Waals surface area contributed by atoms with E-state index in [1.807, 2.05) is 6.92 Å². The predicted octanol–water partition coefficient (Wildman–Crippen LogP) is 0.854. The third-order valence-corrected chi connectivity index (χ3v) is 3.94. The molecule has 0 aromatic carbocycles. The van der Waals surface area contributed by atoms with Crippen molar-refractivity contribution in [3.05, 3.63) is 0 Å². The highest BCUT2D eigenvalue weighted by Crippen LogP contribution is 2.23. The minimum atomic E-state index is -0.566. The maximum absolute atomic E-state index is 11.3. The molecule has 1 aliphatic rings. The van der Waals surface area contributed by atoms with Gasteiger partial charge in [0, 0.05) is 19.1 Å². The predicted molar refractivity (Wildman–Crippen MR) is 75.3 cm³/mol. The van der Waals surface area contributed by atoms with Crippen molar-refractivity contribution in [1.29, 1.82) is 5.26 Å². The van der Waals surface area contributed by atoms with Crippen LogP contribution in [0.5, 0.6) is 0 Å². The van der Waals surface area contributed by atoms with Crippen LogP contribution in [0, 0.1) is 17.2 Å². The molecule has 3 unspecified atom stereocenters. The summed E-state index contributed by atoms with van der Waals surface area (Å²) in [6.45, 7) is 8.27. The van der Waals surface area contributed by atoms with Gasteiger partial charge >= 0.3 is 0 Å². The van der Waals surface area contributed by atoms with Crippen LogP contribution in [-0.2, 0) is 4.79 Å². The van der Waals surface area contributed by atoms with Gasteiger partial charge in [-0.2, -0.15) is 5.26 Å². The van der Waals surface area contributed by atoms with E-state index in [9.17, 15) is 10.1 Å². The van der Waals surface area contributed by atoms with Gasteiger partial charge in [0.25, 0.3) is 0 Å². The van der Waals surface area contributed by atoms with E-state index in [4.69, 9.17) is 5.73 Å². The largest absolute Gasteiger partial charge is 0.369 e. The van der Waals surface area contributed by atoms with Crippen molar-refractivity contribution in [2.24, 2.45) is 11.7 Å². The van der Waals surface area contributed by atoms with Gasteiger partial charge in [-0.1, -0.05) is 6.92 Å². The average molecular weight is 266 g/mol. The van der Waals surface area contributed by atoms with E-state index >= 15 is 0 Å². The van der Waals surface area contributed by atoms with E-state index in [0.29, 0.717) is 19.1 Å². The number of hydrogen-bond donors (Lipinski definition) is 2. The highest BCUT2D eigenvalue weighted by molar-refractivity contribution is 5.77. The van der Waals surface area contributed by atoms with E-state index in [1.54, 1.807) is 0 Å². The number of rotatable bonds is 6. The zero-order chi connectivity index (χ0) is 14.5. The summed E-state index contributed by atoms with van der Waals surface area (Å²) >= 11 is 0. The van der Waals surface area contributed by atoms with Crippen LogP contribution in [0.4, 0.5) is 0 Å². The molecule has 1 amide bonds. The van der Waals surface area contributed by atoms with Crippen LogP contribution in [0.2, 0.25) is 0 Å². The van der Waals surface area contributed by atoms with Crippen LogP contribution in [0.15, 0.2) is 0 Å². The van der Waals surface area contributed by atoms with Gasteiger partial charge in [0.1, 0.15) is 5.54 Å². The summed E-state index contributed by atoms with van der Waals surface area (Å²) in [6, 6.07) is 2.75. The minimum absolute atomic E-state index is 0.0784. The standard InChI is InChI=1S/C14H26N4O/c1-4-7-17-14(3,9-15)10-18-8-12(13(16)19)6-5-11(18)2/h11-12,17H,4-8,10H2,1-3H3,(H2,16,19). The number of amides is 1. The number of nitriles is 1. The number of primary amides is 1. The topological polar surface area (TPSA) is 82.2 Å². The lowest BCUT2D eigenvalue weighted by Gasteiger charge is -2.40. The van der Waals surface area contributed by atoms with Crippen molar-refractivity contribution in [1.82, 2.24) is 10.2 Å². The molecule has 1 heterocycles. The molecule has 3 N–H and O–H groups in total. The first-order valence-corrected chi connectivity index (χ1v) is 7.11. The third kappa shape index (κ3) is 4.48. The lowest BCUT2D eigenvalue weighted by Crippen LogP contribution is -2.56. The second kappa shape index (κ2) is 6.88. The summed E-state index contributed by atoms with van der Waals surface area (Å²) in [5.41, 5.74) is 4.84. The van der Waals surface area contributed by atoms with Crippen LogP contribution in [-0.4, -0.2) is 42.0 Å². The first-order chi connectivity index (χ1) is 8.91. The maximum Gasteiger partial charge on any atom is 0.221 e. The molecule has 5 heteroatoms. The lowest BCUT2D eigenvalue weighted by atomic mass is 9.91. The first kappa shape index (κ1) is 15.9. The number of nitrogens with two attached hydrogens (primary N) is 1. The fourth-order valence-electron chi connectivity index (χ4n) is 2.57. The normalized spacial score (nSPS) is 27.5. The second-order valence-corrected chi connectivity index (χ2v) is 5.83. The molecule has 1 fully saturated rings. The summed E-state index contributed by atoms with van der Waals surface area (Å²) in [6.07, 6.45) is 2.82. The Morgan fingerprint density at radius 3 is 2.79 bits per heavy atom. The minimum Gasteiger partial charge on any atom is -0.369 e. The number of carbonyl (C=O) groups is 1. The molecule has 0 radical (unpaired) electrons. The number of nitrogens with one attached hydrogen (secondary N) is 1. The number of carbonyl (C=O) groups excluding carboxylic acids is 1. The molecule has 1 rings (SSSR count). The van der Waals surface area contributed by atoms with Crippen molar-refractivity contribution in [3.8, 4) is 6.07 Å². The van der Waals surface area contributed by atoms with Gasteiger partial charge in [0.2, 0.25) is 5.91 Å². The van der Waals surface area contributed by atoms with Crippen molar-refractivity contribution in [2.45, 2.75) is 51.6 Å². The molecular weight excluding hydrogens is 240 g/mol. The molecule has 0 aromatic rings. The SMILES string of the molecule is CCCNC(C)(C#N)CN1CC(C(N)=O)CCC1C. The Balaban J connectivity index is 2.66. The summed E-state index contributed by atoms with van der Waals surface area (Å²) in [7, 11) is 0. The monoisotopic (exact) mass is 266 g/mol. The molecule has 3 atom stereocenters. The average Bonchev–Trinajstić information content (AvgIpc) is 2.39. The Kier molecular flexibility index (Phi) is 5.77. The summed E-state index contributed by atoms with van der Waals surface area (Å²) < 4.78 is 0. The molecule has 0 bridgehead atoms. The smallest absolute Gasteiger partial charge is 0.221 e. The van der Waals surface area contributed by atoms with Gasteiger partial charge in [0.15, 0.2) is 0 Å². The van der Waals surface area contributed by atoms with E-state index in [1.165, 1.54) is 0 Å². The second-order valence-electron chi connectivity index (χ2n) is 5.83. The van der Waals surface area contributed by atoms with Gasteiger partial charge in [-0.15, -0.1) is 0 Å². The number of nitrogens with zero attached hydrogens (tertiary/aromatic N) is 2. The molecule has 1 aliphatic heterocycles. The Bertz CT molecular complexity index is 352. The quantitative estimate of drug-likeness (QED) is 0.747. The molecule has 1 saturated heterocycles. The fraction of sp³-hybridized carbons (Fsp3) is 0.857. The van der Waals surface area contributed by atoms with Crippen molar-refractivity contribution < 1.29 is 4.79 Å². The highest BCUT2D eigenvalue weighted by Gasteiger charge is 2.34. The summed E-state index contributed by atoms with van der Waals surface area (Å²) in [5.74, 6) is -0.303. The van der Waals surface area contributed by atoms with Gasteiger partial charge in [-0.3, -0.25) is 15.0 Å². The van der Waals surface area contributed by atoms with E-state index < -0.39 is 5.54 Å². The van der Waals surface area contributed by atoms with Gasteiger partial charge in [0.05, 0.1) is 12.0 Å². The fourth-order valence-corrected chi connectivity index (χ4v) is 2.57. The summed E-state index contributed by atoms with van der Waals surface area (Å²) in [5, 5.41) is 12.7. The molecule has 19 heavy (non-hydrogen) atoms. The van der Waals surface area contributed by atoms with Gasteiger partial charge in [-0.25, -0.2) is 0 Å². The van der Waals surface area contributed by atoms with Crippen LogP contribution in [0.25, 0.3) is 0 Å². The number of piperidine rings is 1. The van der Waals surface area contributed by atoms with Gasteiger partial charge in [-0.05, 0) is 39.7 Å². The van der Waals surface area contributed by atoms with E-state index in [-0.39, 0.29) is 11.8 Å². The van der Waals surface area contributed by atoms with Crippen LogP contribution in [0.1, 0.15) is 40.0 Å². The van der Waals surface area contributed by atoms with Gasteiger partial charge < -0.3 is 5.73 Å². The molecule has 0 saturated carbocycles. The Labute approximate surface area is 116 Å². The Morgan fingerprint density at radius 2 is 2.26 bits per heavy atom. The van der Waals surface area contributed by atoms with Crippen LogP contribution in [0.3, 0.4) is 0 Å². The molecule has 0 aromatic heterocycles. The van der Waals surface area contributed by atoms with Crippen molar-refractivity contribution in [2.75, 3.05) is 19.6 Å². The maximum atomic E-state index is 11.3. The Morgan fingerprint density at radius 1 is 1.58 bits per heavy atom. The molecule has 108 valence electrons. The van der Waals surface area contributed by atoms with Crippen molar-refractivity contribution >= 4 is 5.91 Å².